The van der Waals surface area contributed by atoms with Gasteiger partial charge in [0.25, 0.3) is 0 Å². The third-order valence-corrected chi connectivity index (χ3v) is 3.01. The monoisotopic (exact) mass is 256 g/mol. The van der Waals surface area contributed by atoms with Gasteiger partial charge in [0.1, 0.15) is 11.6 Å². The summed E-state index contributed by atoms with van der Waals surface area (Å²) >= 11 is 0. The Labute approximate surface area is 109 Å². The number of aromatic amines is 1. The molecular formula is C14H13FN4. The lowest BCUT2D eigenvalue weighted by molar-refractivity contribution is 0.626. The molecule has 0 spiro atoms. The maximum Gasteiger partial charge on any atom is 0.137 e. The van der Waals surface area contributed by atoms with Crippen LogP contribution in [0.1, 0.15) is 11.3 Å². The zero-order valence-corrected chi connectivity index (χ0v) is 10.4. The first-order valence-electron chi connectivity index (χ1n) is 6.02. The second-order valence-electron chi connectivity index (χ2n) is 4.37. The normalized spacial score (nSPS) is 10.8. The summed E-state index contributed by atoms with van der Waals surface area (Å²) in [6.45, 7) is 2.45. The van der Waals surface area contributed by atoms with Gasteiger partial charge in [-0.05, 0) is 30.7 Å². The summed E-state index contributed by atoms with van der Waals surface area (Å²) in [5.74, 6) is 0.526. The maximum absolute atomic E-state index is 13.1. The topological polar surface area (TPSA) is 53.6 Å². The van der Waals surface area contributed by atoms with Crippen LogP contribution in [0, 0.1) is 12.7 Å². The van der Waals surface area contributed by atoms with Gasteiger partial charge in [-0.2, -0.15) is 5.10 Å². The number of hydrogen-bond acceptors (Lipinski definition) is 3. The van der Waals surface area contributed by atoms with E-state index in [1.807, 2.05) is 19.1 Å². The number of hydrogen-bond donors (Lipinski definition) is 2. The Morgan fingerprint density at radius 2 is 2.21 bits per heavy atom. The first-order valence-corrected chi connectivity index (χ1v) is 6.02. The zero-order valence-electron chi connectivity index (χ0n) is 10.4. The van der Waals surface area contributed by atoms with Crippen molar-refractivity contribution in [1.29, 1.82) is 0 Å². The van der Waals surface area contributed by atoms with E-state index in [1.165, 1.54) is 12.1 Å². The van der Waals surface area contributed by atoms with Gasteiger partial charge in [-0.25, -0.2) is 9.37 Å². The molecule has 96 valence electrons. The number of fused-ring (bicyclic) bond motifs is 1. The van der Waals surface area contributed by atoms with Crippen molar-refractivity contribution in [2.75, 3.05) is 5.32 Å². The van der Waals surface area contributed by atoms with Crippen LogP contribution >= 0.6 is 0 Å². The standard InChI is InChI=1S/C14H13FN4/c1-9-13-12(19-18-9)5-6-16-14(13)17-8-10-3-2-4-11(15)7-10/h2-7H,8H2,1H3,(H,16,17)(H,18,19). The highest BCUT2D eigenvalue weighted by Crippen LogP contribution is 2.22. The largest absolute Gasteiger partial charge is 0.365 e. The second kappa shape index (κ2) is 4.68. The first-order chi connectivity index (χ1) is 9.24. The summed E-state index contributed by atoms with van der Waals surface area (Å²) in [4.78, 5) is 4.31. The van der Waals surface area contributed by atoms with Crippen LogP contribution in [-0.2, 0) is 6.54 Å². The number of nitrogens with one attached hydrogen (secondary N) is 2. The molecule has 0 saturated carbocycles. The van der Waals surface area contributed by atoms with Gasteiger partial charge >= 0.3 is 0 Å². The molecule has 0 bridgehead atoms. The lowest BCUT2D eigenvalue weighted by Gasteiger charge is -2.07. The van der Waals surface area contributed by atoms with E-state index in [1.54, 1.807) is 12.3 Å². The molecule has 19 heavy (non-hydrogen) atoms. The Bertz CT molecular complexity index is 720. The highest BCUT2D eigenvalue weighted by atomic mass is 19.1. The number of halogens is 1. The summed E-state index contributed by atoms with van der Waals surface area (Å²) in [6.07, 6.45) is 1.72. The molecule has 0 saturated heterocycles. The van der Waals surface area contributed by atoms with Gasteiger partial charge in [-0.1, -0.05) is 12.1 Å². The number of aromatic nitrogens is 3. The number of aryl methyl sites for hydroxylation is 1. The van der Waals surface area contributed by atoms with Crippen LogP contribution in [0.15, 0.2) is 36.5 Å². The predicted octanol–water partition coefficient (Wildman–Crippen LogP) is 3.02. The fraction of sp³-hybridized carbons (Fsp3) is 0.143. The molecule has 3 rings (SSSR count). The maximum atomic E-state index is 13.1. The third kappa shape index (κ3) is 2.27. The highest BCUT2D eigenvalue weighted by Gasteiger charge is 2.07. The van der Waals surface area contributed by atoms with E-state index in [-0.39, 0.29) is 5.82 Å². The average molecular weight is 256 g/mol. The zero-order chi connectivity index (χ0) is 13.2. The van der Waals surface area contributed by atoms with E-state index in [0.717, 1.165) is 28.0 Å². The fourth-order valence-electron chi connectivity index (χ4n) is 2.09. The summed E-state index contributed by atoms with van der Waals surface area (Å²) in [5, 5.41) is 11.3. The Balaban J connectivity index is 1.88. The van der Waals surface area contributed by atoms with E-state index >= 15 is 0 Å². The molecule has 0 amide bonds. The molecule has 1 aromatic carbocycles. The molecule has 4 nitrogen and oxygen atoms in total. The van der Waals surface area contributed by atoms with E-state index in [0.29, 0.717) is 6.54 Å². The van der Waals surface area contributed by atoms with Crippen molar-refractivity contribution in [3.8, 4) is 0 Å². The number of pyridine rings is 1. The third-order valence-electron chi connectivity index (χ3n) is 3.01. The van der Waals surface area contributed by atoms with Crippen molar-refractivity contribution in [1.82, 2.24) is 15.2 Å². The summed E-state index contributed by atoms with van der Waals surface area (Å²) in [6, 6.07) is 8.39. The Morgan fingerprint density at radius 1 is 1.32 bits per heavy atom. The molecule has 3 aromatic rings. The Morgan fingerprint density at radius 3 is 3.05 bits per heavy atom. The fourth-order valence-corrected chi connectivity index (χ4v) is 2.09. The van der Waals surface area contributed by atoms with E-state index < -0.39 is 0 Å². The van der Waals surface area contributed by atoms with Gasteiger partial charge in [0.05, 0.1) is 16.6 Å². The van der Waals surface area contributed by atoms with Crippen molar-refractivity contribution < 1.29 is 4.39 Å². The van der Waals surface area contributed by atoms with Crippen LogP contribution in [0.4, 0.5) is 10.2 Å². The predicted molar refractivity (Wildman–Crippen MR) is 72.4 cm³/mol. The quantitative estimate of drug-likeness (QED) is 0.757. The molecule has 2 N–H and O–H groups in total. The van der Waals surface area contributed by atoms with Gasteiger partial charge in [0.2, 0.25) is 0 Å². The number of anilines is 1. The van der Waals surface area contributed by atoms with Gasteiger partial charge in [0.15, 0.2) is 0 Å². The molecule has 0 aliphatic rings. The summed E-state index contributed by atoms with van der Waals surface area (Å²) in [7, 11) is 0. The van der Waals surface area contributed by atoms with Crippen molar-refractivity contribution in [2.24, 2.45) is 0 Å². The first kappa shape index (κ1) is 11.6. The van der Waals surface area contributed by atoms with Gasteiger partial charge < -0.3 is 5.32 Å². The van der Waals surface area contributed by atoms with Crippen molar-refractivity contribution in [2.45, 2.75) is 13.5 Å². The van der Waals surface area contributed by atoms with Crippen molar-refractivity contribution >= 4 is 16.7 Å². The minimum Gasteiger partial charge on any atom is -0.365 e. The van der Waals surface area contributed by atoms with Crippen molar-refractivity contribution in [3.05, 3.63) is 53.6 Å². The Hall–Kier alpha value is -2.43. The molecule has 0 unspecified atom stereocenters. The average Bonchev–Trinajstić information content (AvgIpc) is 2.79. The summed E-state index contributed by atoms with van der Waals surface area (Å²) < 4.78 is 13.1. The highest BCUT2D eigenvalue weighted by molar-refractivity contribution is 5.91. The SMILES string of the molecule is Cc1n[nH]c2ccnc(NCc3cccc(F)c3)c12. The Kier molecular flexibility index (Phi) is 2.87. The summed E-state index contributed by atoms with van der Waals surface area (Å²) in [5.41, 5.74) is 2.71. The number of benzene rings is 1. The molecule has 2 heterocycles. The van der Waals surface area contributed by atoms with Crippen LogP contribution < -0.4 is 5.32 Å². The smallest absolute Gasteiger partial charge is 0.137 e. The van der Waals surface area contributed by atoms with E-state index in [4.69, 9.17) is 0 Å². The minimum atomic E-state index is -0.232. The molecule has 2 aromatic heterocycles. The second-order valence-corrected chi connectivity index (χ2v) is 4.37. The van der Waals surface area contributed by atoms with Gasteiger partial charge in [-0.15, -0.1) is 0 Å². The number of H-pyrrole nitrogens is 1. The molecule has 5 heteroatoms. The minimum absolute atomic E-state index is 0.232. The molecular weight excluding hydrogens is 243 g/mol. The van der Waals surface area contributed by atoms with E-state index in [9.17, 15) is 4.39 Å². The molecule has 0 fully saturated rings. The lowest BCUT2D eigenvalue weighted by Crippen LogP contribution is -2.02. The molecule has 0 atom stereocenters. The molecule has 0 radical (unpaired) electrons. The van der Waals surface area contributed by atoms with Crippen LogP contribution in [0.25, 0.3) is 10.9 Å². The lowest BCUT2D eigenvalue weighted by atomic mass is 10.2. The number of nitrogens with zero attached hydrogens (tertiary/aromatic N) is 2. The van der Waals surface area contributed by atoms with Gasteiger partial charge in [-0.3, -0.25) is 5.10 Å². The van der Waals surface area contributed by atoms with Gasteiger partial charge in [0, 0.05) is 12.7 Å². The van der Waals surface area contributed by atoms with Crippen LogP contribution in [0.2, 0.25) is 0 Å². The molecule has 0 aliphatic carbocycles. The van der Waals surface area contributed by atoms with E-state index in [2.05, 4.69) is 20.5 Å². The van der Waals surface area contributed by atoms with Crippen LogP contribution in [0.3, 0.4) is 0 Å². The molecule has 0 aliphatic heterocycles. The van der Waals surface area contributed by atoms with Crippen LogP contribution in [-0.4, -0.2) is 15.2 Å². The van der Waals surface area contributed by atoms with Crippen LogP contribution in [0.5, 0.6) is 0 Å². The van der Waals surface area contributed by atoms with Crippen molar-refractivity contribution in [3.63, 3.8) is 0 Å². The number of rotatable bonds is 3.